The molecule has 4 aromatic rings. The molecule has 1 aliphatic rings. The van der Waals surface area contributed by atoms with E-state index in [0.717, 1.165) is 17.3 Å². The standard InChI is InChI=1S/C29H24ClF3N6O4S/c1-17-2-3-19(14-42-11-10-31)24(12-17)39-25(40)15-44-29(39)36-28(41)35-23-9-4-18(13-22(23)30)26-34-16-38(37-26)20-5-7-21(8-6-20)43-27(32)33/h2-9,12-13,16,27H,10-11,14-15H2,1H3,(H,35,41)/b36-29-. The van der Waals surface area contributed by atoms with E-state index in [1.54, 1.807) is 42.5 Å². The van der Waals surface area contributed by atoms with Crippen LogP contribution in [0.4, 0.5) is 29.3 Å². The van der Waals surface area contributed by atoms with Crippen molar-refractivity contribution in [1.82, 2.24) is 14.8 Å². The number of rotatable bonds is 10. The summed E-state index contributed by atoms with van der Waals surface area (Å²) in [5, 5.41) is 7.41. The molecule has 0 spiro atoms. The number of amides is 3. The summed E-state index contributed by atoms with van der Waals surface area (Å²) < 4.78 is 48.5. The average molecular weight is 645 g/mol. The molecule has 44 heavy (non-hydrogen) atoms. The van der Waals surface area contributed by atoms with Gasteiger partial charge in [0.05, 0.1) is 41.1 Å². The monoisotopic (exact) mass is 644 g/mol. The molecule has 3 amide bonds. The predicted molar refractivity (Wildman–Crippen MR) is 162 cm³/mol. The molecule has 228 valence electrons. The van der Waals surface area contributed by atoms with Crippen molar-refractivity contribution in [2.45, 2.75) is 20.1 Å². The number of ether oxygens (including phenoxy) is 2. The van der Waals surface area contributed by atoms with Gasteiger partial charge in [0.1, 0.15) is 18.8 Å². The Morgan fingerprint density at radius 1 is 1.16 bits per heavy atom. The molecule has 10 nitrogen and oxygen atoms in total. The number of thioether (sulfide) groups is 1. The third-order valence-corrected chi connectivity index (χ3v) is 7.45. The Hall–Kier alpha value is -4.40. The number of hydrogen-bond acceptors (Lipinski definition) is 7. The van der Waals surface area contributed by atoms with Crippen LogP contribution >= 0.6 is 23.4 Å². The van der Waals surface area contributed by atoms with Crippen LogP contribution in [-0.2, 0) is 16.1 Å². The molecular formula is C29H24ClF3N6O4S. The number of nitrogens with zero attached hydrogens (tertiary/aromatic N) is 5. The van der Waals surface area contributed by atoms with Gasteiger partial charge in [-0.2, -0.15) is 13.8 Å². The van der Waals surface area contributed by atoms with Gasteiger partial charge < -0.3 is 14.8 Å². The van der Waals surface area contributed by atoms with Crippen molar-refractivity contribution < 1.29 is 32.2 Å². The van der Waals surface area contributed by atoms with Crippen molar-refractivity contribution >= 4 is 51.8 Å². The molecule has 3 aromatic carbocycles. The van der Waals surface area contributed by atoms with E-state index in [1.807, 2.05) is 13.0 Å². The normalized spacial score (nSPS) is 14.1. The lowest BCUT2D eigenvalue weighted by molar-refractivity contribution is -0.115. The van der Waals surface area contributed by atoms with Gasteiger partial charge in [-0.1, -0.05) is 35.5 Å². The SMILES string of the molecule is Cc1ccc(COCCF)c(N2C(=O)CS/C2=N\C(=O)Nc2ccc(-c3ncn(-c4ccc(OC(F)F)cc4)n3)cc2Cl)c1. The minimum Gasteiger partial charge on any atom is -0.435 e. The molecule has 1 N–H and O–H groups in total. The highest BCUT2D eigenvalue weighted by atomic mass is 35.5. The molecule has 1 aliphatic heterocycles. The number of carbonyl (C=O) groups excluding carboxylic acids is 2. The molecule has 2 heterocycles. The molecule has 15 heteroatoms. The van der Waals surface area contributed by atoms with Gasteiger partial charge in [-0.05, 0) is 61.0 Å². The molecule has 0 atom stereocenters. The summed E-state index contributed by atoms with van der Waals surface area (Å²) >= 11 is 7.57. The summed E-state index contributed by atoms with van der Waals surface area (Å²) in [6.07, 6.45) is 1.46. The molecule has 5 rings (SSSR count). The van der Waals surface area contributed by atoms with Crippen molar-refractivity contribution in [2.75, 3.05) is 29.3 Å². The van der Waals surface area contributed by atoms with Gasteiger partial charge in [-0.25, -0.2) is 18.9 Å². The molecule has 0 bridgehead atoms. The topological polar surface area (TPSA) is 111 Å². The van der Waals surface area contributed by atoms with E-state index >= 15 is 0 Å². The number of alkyl halides is 3. The number of nitrogens with one attached hydrogen (secondary N) is 1. The maximum Gasteiger partial charge on any atom is 0.387 e. The van der Waals surface area contributed by atoms with E-state index in [9.17, 15) is 22.8 Å². The Bertz CT molecular complexity index is 1700. The van der Waals surface area contributed by atoms with Crippen LogP contribution in [0, 0.1) is 6.92 Å². The second kappa shape index (κ2) is 13.9. The zero-order valence-corrected chi connectivity index (χ0v) is 24.6. The quantitative estimate of drug-likeness (QED) is 0.192. The van der Waals surface area contributed by atoms with Crippen molar-refractivity contribution in [3.63, 3.8) is 0 Å². The number of benzene rings is 3. The first-order valence-corrected chi connectivity index (χ1v) is 14.4. The Balaban J connectivity index is 1.30. The van der Waals surface area contributed by atoms with Gasteiger partial charge in [0, 0.05) is 11.1 Å². The minimum absolute atomic E-state index is 0.0177. The number of aliphatic imine (C=N–C) groups is 1. The number of halogens is 4. The zero-order chi connectivity index (χ0) is 31.2. The average Bonchev–Trinajstić information content (AvgIpc) is 3.62. The summed E-state index contributed by atoms with van der Waals surface area (Å²) in [6, 6.07) is 15.4. The Labute approximate surface area is 258 Å². The lowest BCUT2D eigenvalue weighted by Crippen LogP contribution is -2.31. The van der Waals surface area contributed by atoms with E-state index in [1.165, 1.54) is 28.0 Å². The maximum absolute atomic E-state index is 12.9. The molecular weight excluding hydrogens is 621 g/mol. The molecule has 1 saturated heterocycles. The molecule has 1 fully saturated rings. The van der Waals surface area contributed by atoms with E-state index in [0.29, 0.717) is 28.3 Å². The van der Waals surface area contributed by atoms with Crippen LogP contribution in [-0.4, -0.2) is 57.5 Å². The zero-order valence-electron chi connectivity index (χ0n) is 23.0. The van der Waals surface area contributed by atoms with Crippen LogP contribution in [0.3, 0.4) is 0 Å². The first kappa shape index (κ1) is 31.0. The Morgan fingerprint density at radius 3 is 2.68 bits per heavy atom. The van der Waals surface area contributed by atoms with E-state index in [2.05, 4.69) is 25.1 Å². The van der Waals surface area contributed by atoms with Crippen molar-refractivity contribution in [3.05, 3.63) is 83.1 Å². The highest BCUT2D eigenvalue weighted by Crippen LogP contribution is 2.32. The summed E-state index contributed by atoms with van der Waals surface area (Å²) in [7, 11) is 0. The maximum atomic E-state index is 12.9. The van der Waals surface area contributed by atoms with Crippen LogP contribution in [0.2, 0.25) is 5.02 Å². The van der Waals surface area contributed by atoms with Crippen LogP contribution < -0.4 is 15.0 Å². The molecule has 0 unspecified atom stereocenters. The predicted octanol–water partition coefficient (Wildman–Crippen LogP) is 6.65. The fourth-order valence-corrected chi connectivity index (χ4v) is 5.29. The third-order valence-electron chi connectivity index (χ3n) is 6.21. The van der Waals surface area contributed by atoms with Gasteiger partial charge in [0.15, 0.2) is 11.0 Å². The van der Waals surface area contributed by atoms with Crippen LogP contribution in [0.25, 0.3) is 17.1 Å². The number of amidine groups is 1. The van der Waals surface area contributed by atoms with Gasteiger partial charge in [0.2, 0.25) is 5.91 Å². The first-order chi connectivity index (χ1) is 21.2. The second-order valence-electron chi connectivity index (χ2n) is 9.30. The summed E-state index contributed by atoms with van der Waals surface area (Å²) in [5.41, 5.74) is 3.45. The van der Waals surface area contributed by atoms with Gasteiger partial charge in [0.25, 0.3) is 0 Å². The number of urea groups is 1. The fraction of sp³-hybridized carbons (Fsp3) is 0.207. The van der Waals surface area contributed by atoms with Gasteiger partial charge in [-0.3, -0.25) is 9.69 Å². The molecule has 0 saturated carbocycles. The van der Waals surface area contributed by atoms with E-state index < -0.39 is 19.3 Å². The van der Waals surface area contributed by atoms with Crippen molar-refractivity contribution in [1.29, 1.82) is 0 Å². The Morgan fingerprint density at radius 2 is 1.95 bits per heavy atom. The number of carbonyl (C=O) groups is 2. The summed E-state index contributed by atoms with van der Waals surface area (Å²) in [4.78, 5) is 35.5. The van der Waals surface area contributed by atoms with Crippen LogP contribution in [0.15, 0.2) is 72.0 Å². The molecule has 0 radical (unpaired) electrons. The molecule has 0 aliphatic carbocycles. The highest BCUT2D eigenvalue weighted by Gasteiger charge is 2.32. The van der Waals surface area contributed by atoms with Gasteiger partial charge in [-0.15, -0.1) is 5.10 Å². The number of anilines is 2. The van der Waals surface area contributed by atoms with Crippen molar-refractivity contribution in [2.24, 2.45) is 4.99 Å². The van der Waals surface area contributed by atoms with Crippen LogP contribution in [0.5, 0.6) is 5.75 Å². The summed E-state index contributed by atoms with van der Waals surface area (Å²) in [6.45, 7) is -1.67. The first-order valence-electron chi connectivity index (χ1n) is 13.1. The highest BCUT2D eigenvalue weighted by molar-refractivity contribution is 8.15. The second-order valence-corrected chi connectivity index (χ2v) is 10.6. The lowest BCUT2D eigenvalue weighted by Gasteiger charge is -2.20. The number of aromatic nitrogens is 3. The number of aryl methyl sites for hydroxylation is 1. The van der Waals surface area contributed by atoms with Gasteiger partial charge >= 0.3 is 12.6 Å². The lowest BCUT2D eigenvalue weighted by atomic mass is 10.1. The smallest absolute Gasteiger partial charge is 0.387 e. The number of hydrogen-bond donors (Lipinski definition) is 1. The largest absolute Gasteiger partial charge is 0.435 e. The Kier molecular flexibility index (Phi) is 9.82. The minimum atomic E-state index is -2.92. The summed E-state index contributed by atoms with van der Waals surface area (Å²) in [5.74, 6) is 0.182. The fourth-order valence-electron chi connectivity index (χ4n) is 4.21. The van der Waals surface area contributed by atoms with Crippen molar-refractivity contribution in [3.8, 4) is 22.8 Å². The van der Waals surface area contributed by atoms with E-state index in [-0.39, 0.29) is 46.5 Å². The van der Waals surface area contributed by atoms with Crippen LogP contribution in [0.1, 0.15) is 11.1 Å². The molecule has 1 aromatic heterocycles. The third kappa shape index (κ3) is 7.38. The van der Waals surface area contributed by atoms with E-state index in [4.69, 9.17) is 16.3 Å².